The Morgan fingerprint density at radius 2 is 1.91 bits per heavy atom. The SMILES string of the molecule is CCCC(=O)[O-].O=S([O-])O.[Mg+2]. The summed E-state index contributed by atoms with van der Waals surface area (Å²) in [6, 6.07) is 0. The molecule has 1 N–H and O–H groups in total. The molecule has 5 nitrogen and oxygen atoms in total. The molecule has 0 spiro atoms. The fraction of sp³-hybridized carbons (Fsp3) is 0.750. The van der Waals surface area contributed by atoms with E-state index in [0.29, 0.717) is 6.42 Å². The van der Waals surface area contributed by atoms with Crippen molar-refractivity contribution in [2.75, 3.05) is 0 Å². The first-order valence-electron chi connectivity index (χ1n) is 2.48. The second-order valence-corrected chi connectivity index (χ2v) is 1.77. The molecule has 1 atom stereocenters. The maximum atomic E-state index is 9.49. The van der Waals surface area contributed by atoms with Crippen LogP contribution in [0.1, 0.15) is 19.8 Å². The average Bonchev–Trinajstić information content (AvgIpc) is 1.62. The predicted molar refractivity (Wildman–Crippen MR) is 37.2 cm³/mol. The van der Waals surface area contributed by atoms with Crippen molar-refractivity contribution < 1.29 is 23.2 Å². The molecule has 0 bridgehead atoms. The van der Waals surface area contributed by atoms with Gasteiger partial charge < -0.3 is 19.0 Å². The number of carboxylic acids is 1. The Kier molecular flexibility index (Phi) is 20.5. The number of carbonyl (C=O) groups excluding carboxylic acids is 1. The molecule has 0 saturated heterocycles. The molecule has 0 aliphatic carbocycles. The van der Waals surface area contributed by atoms with Crippen LogP contribution in [0.3, 0.4) is 0 Å². The second kappa shape index (κ2) is 12.9. The van der Waals surface area contributed by atoms with Gasteiger partial charge in [0.15, 0.2) is 0 Å². The summed E-state index contributed by atoms with van der Waals surface area (Å²) in [4.78, 5) is 9.49. The van der Waals surface area contributed by atoms with Crippen LogP contribution in [0.15, 0.2) is 0 Å². The van der Waals surface area contributed by atoms with Crippen molar-refractivity contribution in [3.8, 4) is 0 Å². The van der Waals surface area contributed by atoms with Gasteiger partial charge in [0.1, 0.15) is 0 Å². The van der Waals surface area contributed by atoms with Crippen LogP contribution in [0, 0.1) is 0 Å². The average molecular weight is 192 g/mol. The van der Waals surface area contributed by atoms with Gasteiger partial charge in [0.2, 0.25) is 0 Å². The molecule has 0 aliphatic rings. The van der Waals surface area contributed by atoms with E-state index >= 15 is 0 Å². The van der Waals surface area contributed by atoms with Gasteiger partial charge in [-0.1, -0.05) is 13.3 Å². The second-order valence-electron chi connectivity index (χ2n) is 1.34. The van der Waals surface area contributed by atoms with E-state index in [2.05, 4.69) is 0 Å². The van der Waals surface area contributed by atoms with Gasteiger partial charge in [0, 0.05) is 5.97 Å². The quantitative estimate of drug-likeness (QED) is 0.424. The van der Waals surface area contributed by atoms with E-state index in [4.69, 9.17) is 13.3 Å². The van der Waals surface area contributed by atoms with Crippen LogP contribution in [0.5, 0.6) is 0 Å². The summed E-state index contributed by atoms with van der Waals surface area (Å²) in [6.45, 7) is 1.80. The zero-order chi connectivity index (χ0) is 8.57. The van der Waals surface area contributed by atoms with Gasteiger partial charge in [-0.3, -0.25) is 0 Å². The van der Waals surface area contributed by atoms with E-state index in [1.165, 1.54) is 0 Å². The van der Waals surface area contributed by atoms with Crippen molar-refractivity contribution in [2.24, 2.45) is 0 Å². The maximum absolute atomic E-state index is 9.49. The number of aliphatic carboxylic acids is 1. The van der Waals surface area contributed by atoms with Gasteiger partial charge in [0.25, 0.3) is 0 Å². The topological polar surface area (TPSA) is 100 Å². The van der Waals surface area contributed by atoms with Gasteiger partial charge in [0.05, 0.1) is 11.4 Å². The molecule has 0 aliphatic heterocycles. The molecule has 0 rings (SSSR count). The molecule has 11 heavy (non-hydrogen) atoms. The summed E-state index contributed by atoms with van der Waals surface area (Å²) in [5, 5.41) is 9.49. The summed E-state index contributed by atoms with van der Waals surface area (Å²) < 4.78 is 24.1. The third-order valence-corrected chi connectivity index (χ3v) is 0.454. The third kappa shape index (κ3) is 65.0. The van der Waals surface area contributed by atoms with Crippen molar-refractivity contribution in [3.63, 3.8) is 0 Å². The summed E-state index contributed by atoms with van der Waals surface area (Å²) in [6.07, 6.45) is 0.850. The van der Waals surface area contributed by atoms with Gasteiger partial charge in [-0.25, -0.2) is 4.21 Å². The Balaban J connectivity index is -0.000000114. The minimum Gasteiger partial charge on any atom is -0.750 e. The van der Waals surface area contributed by atoms with E-state index in [-0.39, 0.29) is 29.5 Å². The minimum atomic E-state index is -2.86. The number of rotatable bonds is 2. The van der Waals surface area contributed by atoms with Crippen molar-refractivity contribution in [1.82, 2.24) is 0 Å². The molecule has 0 heterocycles. The molecule has 0 saturated carbocycles. The Hall–Kier alpha value is 0.306. The number of carboxylic acid groups (broad SMARTS) is 1. The fourth-order valence-corrected chi connectivity index (χ4v) is 0.204. The Labute approximate surface area is 83.4 Å². The van der Waals surface area contributed by atoms with E-state index in [1.54, 1.807) is 6.92 Å². The van der Waals surface area contributed by atoms with Gasteiger partial charge in [-0.2, -0.15) is 0 Å². The standard InChI is InChI=1S/C4H8O2.Mg.H2O3S/c1-2-3-4(5)6;;1-4(2)3/h2-3H2,1H3,(H,5,6);;(H2,1,2,3)/q;+2;/p-2. The summed E-state index contributed by atoms with van der Waals surface area (Å²) in [5.41, 5.74) is 0. The van der Waals surface area contributed by atoms with E-state index < -0.39 is 17.3 Å². The van der Waals surface area contributed by atoms with Crippen LogP contribution in [0.2, 0.25) is 0 Å². The molecule has 0 fully saturated rings. The zero-order valence-corrected chi connectivity index (χ0v) is 8.34. The number of hydrogen-bond acceptors (Lipinski definition) is 4. The van der Waals surface area contributed by atoms with Crippen molar-refractivity contribution >= 4 is 40.4 Å². The summed E-state index contributed by atoms with van der Waals surface area (Å²) in [7, 11) is 0. The molecule has 0 aromatic carbocycles. The molecule has 1 unspecified atom stereocenters. The van der Waals surface area contributed by atoms with Crippen LogP contribution in [0.25, 0.3) is 0 Å². The fourth-order valence-electron chi connectivity index (χ4n) is 0.204. The number of carbonyl (C=O) groups is 1. The van der Waals surface area contributed by atoms with Crippen LogP contribution < -0.4 is 5.11 Å². The first-order chi connectivity index (χ1) is 4.50. The van der Waals surface area contributed by atoms with Crippen molar-refractivity contribution in [2.45, 2.75) is 19.8 Å². The molecule has 0 aromatic heterocycles. The monoisotopic (exact) mass is 192 g/mol. The molecule has 62 valence electrons. The largest absolute Gasteiger partial charge is 2.00 e. The predicted octanol–water partition coefficient (Wildman–Crippen LogP) is -1.51. The first kappa shape index (κ1) is 17.4. The molecule has 0 radical (unpaired) electrons. The van der Waals surface area contributed by atoms with Gasteiger partial charge in [-0.15, -0.1) is 0 Å². The van der Waals surface area contributed by atoms with Crippen LogP contribution in [-0.4, -0.2) is 42.3 Å². The molecule has 0 aromatic rings. The third-order valence-electron chi connectivity index (χ3n) is 0.454. The maximum Gasteiger partial charge on any atom is 2.00 e. The van der Waals surface area contributed by atoms with Crippen molar-refractivity contribution in [1.29, 1.82) is 0 Å². The van der Waals surface area contributed by atoms with Crippen LogP contribution >= 0.6 is 0 Å². The molecular formula is C4H8MgO5S. The Morgan fingerprint density at radius 3 is 1.91 bits per heavy atom. The summed E-state index contributed by atoms with van der Waals surface area (Å²) >= 11 is -2.86. The van der Waals surface area contributed by atoms with E-state index in [9.17, 15) is 9.90 Å². The summed E-state index contributed by atoms with van der Waals surface area (Å²) in [5.74, 6) is -0.961. The number of hydrogen-bond donors (Lipinski definition) is 1. The van der Waals surface area contributed by atoms with E-state index in [1.807, 2.05) is 0 Å². The molecule has 0 amide bonds. The zero-order valence-electron chi connectivity index (χ0n) is 6.11. The first-order valence-corrected chi connectivity index (χ1v) is 3.52. The Bertz CT molecular complexity index is 113. The molecular weight excluding hydrogens is 184 g/mol. The smallest absolute Gasteiger partial charge is 0.750 e. The normalized spacial score (nSPS) is 10.1. The molecule has 7 heteroatoms. The van der Waals surface area contributed by atoms with Gasteiger partial charge in [-0.05, 0) is 6.42 Å². The van der Waals surface area contributed by atoms with Gasteiger partial charge >= 0.3 is 23.1 Å². The van der Waals surface area contributed by atoms with Crippen LogP contribution in [-0.2, 0) is 16.2 Å². The minimum absolute atomic E-state index is 0. The van der Waals surface area contributed by atoms with Crippen LogP contribution in [0.4, 0.5) is 0 Å². The van der Waals surface area contributed by atoms with Crippen molar-refractivity contribution in [3.05, 3.63) is 0 Å². The van der Waals surface area contributed by atoms with E-state index in [0.717, 1.165) is 0 Å². The Morgan fingerprint density at radius 1 is 1.64 bits per heavy atom.